The number of ether oxygens (including phenoxy) is 1. The lowest BCUT2D eigenvalue weighted by molar-refractivity contribution is 0.112. The van der Waals surface area contributed by atoms with Gasteiger partial charge in [-0.05, 0) is 30.3 Å². The van der Waals surface area contributed by atoms with Crippen molar-refractivity contribution >= 4 is 33.7 Å². The Labute approximate surface area is 131 Å². The van der Waals surface area contributed by atoms with Crippen molar-refractivity contribution in [3.05, 3.63) is 51.8 Å². The second kappa shape index (κ2) is 6.37. The fourth-order valence-electron chi connectivity index (χ4n) is 1.69. The van der Waals surface area contributed by atoms with Crippen LogP contribution in [-0.4, -0.2) is 25.4 Å². The zero-order valence-electron chi connectivity index (χ0n) is 11.5. The van der Waals surface area contributed by atoms with E-state index in [2.05, 4.69) is 25.8 Å². The molecule has 21 heavy (non-hydrogen) atoms. The lowest BCUT2D eigenvalue weighted by Gasteiger charge is -2.14. The van der Waals surface area contributed by atoms with Gasteiger partial charge in [0.05, 0.1) is 6.57 Å². The van der Waals surface area contributed by atoms with E-state index in [1.165, 1.54) is 0 Å². The summed E-state index contributed by atoms with van der Waals surface area (Å²) in [4.78, 5) is 20.4. The molecule has 106 valence electrons. The van der Waals surface area contributed by atoms with Crippen LogP contribution >= 0.6 is 15.9 Å². The molecule has 0 aliphatic carbocycles. The second-order valence-corrected chi connectivity index (χ2v) is 5.26. The number of hydrogen-bond donors (Lipinski definition) is 0. The van der Waals surface area contributed by atoms with Crippen molar-refractivity contribution in [1.82, 2.24) is 4.98 Å². The second-order valence-electron chi connectivity index (χ2n) is 4.40. The molecule has 0 saturated carbocycles. The number of hydrogen-bond acceptors (Lipinski definition) is 4. The van der Waals surface area contributed by atoms with E-state index in [9.17, 15) is 4.79 Å². The van der Waals surface area contributed by atoms with E-state index in [0.29, 0.717) is 33.2 Å². The van der Waals surface area contributed by atoms with E-state index >= 15 is 0 Å². The molecule has 0 N–H and O–H groups in total. The molecule has 1 aromatic carbocycles. The molecule has 5 nitrogen and oxygen atoms in total. The third-order valence-electron chi connectivity index (χ3n) is 2.69. The summed E-state index contributed by atoms with van der Waals surface area (Å²) in [7, 11) is 3.62. The first-order valence-electron chi connectivity index (χ1n) is 6.03. The van der Waals surface area contributed by atoms with Gasteiger partial charge in [0.25, 0.3) is 0 Å². The molecule has 1 heterocycles. The van der Waals surface area contributed by atoms with E-state index in [4.69, 9.17) is 11.3 Å². The molecule has 0 unspecified atom stereocenters. The summed E-state index contributed by atoms with van der Waals surface area (Å²) in [5.74, 6) is 1.41. The number of anilines is 1. The van der Waals surface area contributed by atoms with Crippen LogP contribution in [0, 0.1) is 6.57 Å². The van der Waals surface area contributed by atoms with E-state index in [0.717, 1.165) is 6.29 Å². The maximum absolute atomic E-state index is 10.9. The molecular formula is C15H12BrN3O2. The first kappa shape index (κ1) is 15.0. The molecule has 0 fully saturated rings. The Kier molecular flexibility index (Phi) is 4.55. The zero-order valence-corrected chi connectivity index (χ0v) is 13.1. The van der Waals surface area contributed by atoms with Gasteiger partial charge in [-0.15, -0.1) is 0 Å². The summed E-state index contributed by atoms with van der Waals surface area (Å²) in [5, 5.41) is 0. The highest BCUT2D eigenvalue weighted by atomic mass is 79.9. The van der Waals surface area contributed by atoms with Gasteiger partial charge in [0.2, 0.25) is 11.6 Å². The van der Waals surface area contributed by atoms with Crippen LogP contribution in [0.25, 0.3) is 4.85 Å². The lowest BCUT2D eigenvalue weighted by atomic mass is 10.2. The van der Waals surface area contributed by atoms with Crippen LogP contribution in [0.15, 0.2) is 34.8 Å². The molecule has 0 saturated heterocycles. The molecule has 0 bridgehead atoms. The van der Waals surface area contributed by atoms with E-state index in [1.54, 1.807) is 35.2 Å². The largest absolute Gasteiger partial charge is 0.439 e. The maximum Gasteiger partial charge on any atom is 0.228 e. The van der Waals surface area contributed by atoms with Gasteiger partial charge in [-0.25, -0.2) is 9.83 Å². The van der Waals surface area contributed by atoms with Crippen molar-refractivity contribution < 1.29 is 9.53 Å². The van der Waals surface area contributed by atoms with Gasteiger partial charge < -0.3 is 9.64 Å². The molecule has 0 spiro atoms. The van der Waals surface area contributed by atoms with Gasteiger partial charge in [-0.1, -0.05) is 15.9 Å². The van der Waals surface area contributed by atoms with E-state index in [1.807, 2.05) is 14.1 Å². The number of benzene rings is 1. The molecule has 1 aromatic heterocycles. The van der Waals surface area contributed by atoms with Crippen LogP contribution in [0.3, 0.4) is 0 Å². The van der Waals surface area contributed by atoms with Crippen LogP contribution < -0.4 is 9.64 Å². The minimum absolute atomic E-state index is 0.366. The van der Waals surface area contributed by atoms with Crippen molar-refractivity contribution in [2.45, 2.75) is 0 Å². The van der Waals surface area contributed by atoms with E-state index in [-0.39, 0.29) is 0 Å². The van der Waals surface area contributed by atoms with Gasteiger partial charge in [0.1, 0.15) is 11.6 Å². The highest BCUT2D eigenvalue weighted by Crippen LogP contribution is 2.30. The summed E-state index contributed by atoms with van der Waals surface area (Å²) in [6, 6.07) is 8.38. The van der Waals surface area contributed by atoms with Crippen LogP contribution in [0.4, 0.5) is 11.5 Å². The number of aromatic nitrogens is 1. The number of rotatable bonds is 4. The van der Waals surface area contributed by atoms with Crippen LogP contribution in [0.5, 0.6) is 11.6 Å². The predicted octanol–water partition coefficient (Wildman–Crippen LogP) is 4.07. The minimum atomic E-state index is 0.366. The number of nitrogens with zero attached hydrogens (tertiary/aromatic N) is 3. The fraction of sp³-hybridized carbons (Fsp3) is 0.133. The monoisotopic (exact) mass is 345 g/mol. The van der Waals surface area contributed by atoms with Gasteiger partial charge in [-0.3, -0.25) is 4.79 Å². The van der Waals surface area contributed by atoms with Crippen molar-refractivity contribution in [2.75, 3.05) is 19.0 Å². The SMILES string of the molecule is [C-]#[N+]c1ccc(Oc2ccc(Br)c(C=O)c2)nc1N(C)C. The fourth-order valence-corrected chi connectivity index (χ4v) is 2.03. The lowest BCUT2D eigenvalue weighted by Crippen LogP contribution is -2.10. The summed E-state index contributed by atoms with van der Waals surface area (Å²) in [6.45, 7) is 7.12. The van der Waals surface area contributed by atoms with Gasteiger partial charge in [-0.2, -0.15) is 0 Å². The Morgan fingerprint density at radius 2 is 2.10 bits per heavy atom. The molecule has 0 amide bonds. The maximum atomic E-state index is 10.9. The van der Waals surface area contributed by atoms with Crippen molar-refractivity contribution in [3.63, 3.8) is 0 Å². The zero-order chi connectivity index (χ0) is 15.4. The van der Waals surface area contributed by atoms with Crippen LogP contribution in [0.1, 0.15) is 10.4 Å². The number of carbonyl (C=O) groups is 1. The Morgan fingerprint density at radius 1 is 1.33 bits per heavy atom. The minimum Gasteiger partial charge on any atom is -0.439 e. The summed E-state index contributed by atoms with van der Waals surface area (Å²) < 4.78 is 6.35. The van der Waals surface area contributed by atoms with Crippen molar-refractivity contribution in [1.29, 1.82) is 0 Å². The smallest absolute Gasteiger partial charge is 0.228 e. The third kappa shape index (κ3) is 3.38. The molecule has 2 rings (SSSR count). The molecule has 0 atom stereocenters. The quantitative estimate of drug-likeness (QED) is 0.619. The summed E-state index contributed by atoms with van der Waals surface area (Å²) in [5.41, 5.74) is 0.954. The molecule has 0 aliphatic rings. The average Bonchev–Trinajstić information content (AvgIpc) is 2.49. The van der Waals surface area contributed by atoms with Crippen LogP contribution in [0.2, 0.25) is 0 Å². The number of pyridine rings is 1. The van der Waals surface area contributed by atoms with Gasteiger partial charge >= 0.3 is 0 Å². The summed E-state index contributed by atoms with van der Waals surface area (Å²) >= 11 is 3.28. The first-order valence-corrected chi connectivity index (χ1v) is 6.83. The van der Waals surface area contributed by atoms with Crippen molar-refractivity contribution in [3.8, 4) is 11.6 Å². The third-order valence-corrected chi connectivity index (χ3v) is 3.41. The topological polar surface area (TPSA) is 46.8 Å². The molecule has 2 aromatic rings. The van der Waals surface area contributed by atoms with Crippen LogP contribution in [-0.2, 0) is 0 Å². The predicted molar refractivity (Wildman–Crippen MR) is 84.4 cm³/mol. The Balaban J connectivity index is 2.34. The normalized spacial score (nSPS) is 9.81. The Morgan fingerprint density at radius 3 is 2.71 bits per heavy atom. The number of carbonyl (C=O) groups excluding carboxylic acids is 1. The number of aldehydes is 1. The molecular weight excluding hydrogens is 334 g/mol. The standard InChI is InChI=1S/C15H12BrN3O2/c1-17-13-6-7-14(18-15(13)19(2)3)21-11-4-5-12(16)10(8-11)9-20/h4-9H,2-3H3. The average molecular weight is 346 g/mol. The highest BCUT2D eigenvalue weighted by Gasteiger charge is 2.10. The Bertz CT molecular complexity index is 723. The van der Waals surface area contributed by atoms with Gasteiger partial charge in [0, 0.05) is 24.1 Å². The number of halogens is 1. The van der Waals surface area contributed by atoms with E-state index < -0.39 is 0 Å². The molecule has 0 aliphatic heterocycles. The Hall–Kier alpha value is -2.39. The summed E-state index contributed by atoms with van der Waals surface area (Å²) in [6.07, 6.45) is 0.748. The van der Waals surface area contributed by atoms with Crippen molar-refractivity contribution in [2.24, 2.45) is 0 Å². The first-order chi connectivity index (χ1) is 10.0. The molecule has 6 heteroatoms. The molecule has 0 radical (unpaired) electrons. The van der Waals surface area contributed by atoms with Gasteiger partial charge in [0.15, 0.2) is 6.29 Å². The highest BCUT2D eigenvalue weighted by molar-refractivity contribution is 9.10.